The number of carbonyl (C=O) groups is 2. The van der Waals surface area contributed by atoms with E-state index in [0.717, 1.165) is 43.1 Å². The van der Waals surface area contributed by atoms with Crippen LogP contribution in [0.2, 0.25) is 0 Å². The maximum atomic E-state index is 13.5. The quantitative estimate of drug-likeness (QED) is 0.853. The van der Waals surface area contributed by atoms with Crippen LogP contribution in [0.3, 0.4) is 0 Å². The first-order valence-corrected chi connectivity index (χ1v) is 11.1. The van der Waals surface area contributed by atoms with E-state index in [2.05, 4.69) is 10.3 Å². The van der Waals surface area contributed by atoms with Gasteiger partial charge in [-0.2, -0.15) is 0 Å². The third-order valence-electron chi connectivity index (χ3n) is 6.53. The fraction of sp³-hybridized carbons (Fsp3) is 0.609. The van der Waals surface area contributed by atoms with Crippen LogP contribution in [0.25, 0.3) is 11.0 Å². The van der Waals surface area contributed by atoms with Crippen molar-refractivity contribution in [2.24, 2.45) is 0 Å². The van der Waals surface area contributed by atoms with Crippen LogP contribution < -0.4 is 5.32 Å². The first kappa shape index (κ1) is 19.9. The van der Waals surface area contributed by atoms with E-state index >= 15 is 0 Å². The lowest BCUT2D eigenvalue weighted by Crippen LogP contribution is -2.65. The van der Waals surface area contributed by atoms with Gasteiger partial charge in [0.15, 0.2) is 5.82 Å². The Morgan fingerprint density at radius 2 is 1.86 bits per heavy atom. The molecule has 156 valence electrons. The second-order valence-corrected chi connectivity index (χ2v) is 8.76. The molecule has 6 heteroatoms. The van der Waals surface area contributed by atoms with Crippen molar-refractivity contribution in [3.05, 3.63) is 30.1 Å². The molecule has 1 aromatic heterocycles. The molecule has 2 aromatic rings. The second-order valence-electron chi connectivity index (χ2n) is 8.76. The van der Waals surface area contributed by atoms with E-state index in [-0.39, 0.29) is 17.9 Å². The molecule has 2 aliphatic rings. The maximum Gasteiger partial charge on any atom is 0.290 e. The number of fused-ring (bicyclic) bond motifs is 3. The van der Waals surface area contributed by atoms with Gasteiger partial charge >= 0.3 is 0 Å². The minimum Gasteiger partial charge on any atom is -0.351 e. The number of para-hydroxylation sites is 2. The number of imidazole rings is 1. The second kappa shape index (κ2) is 8.17. The molecule has 0 bridgehead atoms. The molecular weight excluding hydrogens is 364 g/mol. The van der Waals surface area contributed by atoms with Crippen molar-refractivity contribution in [3.63, 3.8) is 0 Å². The molecule has 1 aromatic carbocycles. The summed E-state index contributed by atoms with van der Waals surface area (Å²) in [6, 6.07) is 7.98. The highest BCUT2D eigenvalue weighted by atomic mass is 16.2. The molecule has 0 saturated heterocycles. The topological polar surface area (TPSA) is 67.2 Å². The van der Waals surface area contributed by atoms with E-state index in [4.69, 9.17) is 0 Å². The standard InChI is InChI=1S/C23H32N4O2/c1-3-15-27-21(28)20-25-18-13-9-10-14-19(18)26(20)16-23(27,2)22(29)24-17-11-7-5-4-6-8-12-17/h9-10,13-14,17H,3-8,11-12,15-16H2,1-2H3,(H,24,29). The highest BCUT2D eigenvalue weighted by molar-refractivity contribution is 6.01. The summed E-state index contributed by atoms with van der Waals surface area (Å²) in [6.45, 7) is 4.94. The van der Waals surface area contributed by atoms with Crippen molar-refractivity contribution in [1.82, 2.24) is 19.8 Å². The van der Waals surface area contributed by atoms with Crippen molar-refractivity contribution < 1.29 is 9.59 Å². The van der Waals surface area contributed by atoms with E-state index in [1.54, 1.807) is 4.90 Å². The molecule has 4 rings (SSSR count). The number of hydrogen-bond acceptors (Lipinski definition) is 3. The first-order valence-electron chi connectivity index (χ1n) is 11.1. The minimum absolute atomic E-state index is 0.0340. The average Bonchev–Trinajstić information content (AvgIpc) is 3.05. The fourth-order valence-corrected chi connectivity index (χ4v) is 4.84. The monoisotopic (exact) mass is 396 g/mol. The highest BCUT2D eigenvalue weighted by Crippen LogP contribution is 2.31. The van der Waals surface area contributed by atoms with Crippen LogP contribution in [0.4, 0.5) is 0 Å². The van der Waals surface area contributed by atoms with E-state index in [1.807, 2.05) is 42.7 Å². The van der Waals surface area contributed by atoms with Gasteiger partial charge in [0, 0.05) is 12.6 Å². The molecular formula is C23H32N4O2. The zero-order chi connectivity index (χ0) is 20.4. The Morgan fingerprint density at radius 1 is 1.17 bits per heavy atom. The first-order chi connectivity index (χ1) is 14.0. The third-order valence-corrected chi connectivity index (χ3v) is 6.53. The van der Waals surface area contributed by atoms with Gasteiger partial charge in [0.25, 0.3) is 5.91 Å². The van der Waals surface area contributed by atoms with E-state index in [9.17, 15) is 9.59 Å². The number of amides is 2. The molecule has 1 N–H and O–H groups in total. The summed E-state index contributed by atoms with van der Waals surface area (Å²) < 4.78 is 1.93. The van der Waals surface area contributed by atoms with Crippen LogP contribution >= 0.6 is 0 Å². The van der Waals surface area contributed by atoms with Gasteiger partial charge in [0.2, 0.25) is 5.91 Å². The Hall–Kier alpha value is -2.37. The summed E-state index contributed by atoms with van der Waals surface area (Å²) in [4.78, 5) is 33.2. The van der Waals surface area contributed by atoms with Crippen molar-refractivity contribution in [3.8, 4) is 0 Å². The normalized spacial score (nSPS) is 23.5. The molecule has 1 aliphatic carbocycles. The molecule has 29 heavy (non-hydrogen) atoms. The van der Waals surface area contributed by atoms with Crippen molar-refractivity contribution >= 4 is 22.8 Å². The van der Waals surface area contributed by atoms with Crippen LogP contribution in [0, 0.1) is 0 Å². The van der Waals surface area contributed by atoms with Crippen LogP contribution in [0.1, 0.15) is 75.8 Å². The number of nitrogens with one attached hydrogen (secondary N) is 1. The van der Waals surface area contributed by atoms with Gasteiger partial charge in [0.05, 0.1) is 17.6 Å². The summed E-state index contributed by atoms with van der Waals surface area (Å²) in [5, 5.41) is 3.31. The predicted octanol–water partition coefficient (Wildman–Crippen LogP) is 3.89. The SMILES string of the molecule is CCCN1C(=O)c2nc3ccccc3n2CC1(C)C(=O)NC1CCCCCCC1. The van der Waals surface area contributed by atoms with Gasteiger partial charge in [-0.1, -0.05) is 51.2 Å². The summed E-state index contributed by atoms with van der Waals surface area (Å²) in [5.74, 6) is 0.258. The van der Waals surface area contributed by atoms with Gasteiger partial charge in [-0.25, -0.2) is 4.98 Å². The largest absolute Gasteiger partial charge is 0.351 e. The van der Waals surface area contributed by atoms with Crippen LogP contribution in [0.15, 0.2) is 24.3 Å². The zero-order valence-electron chi connectivity index (χ0n) is 17.6. The van der Waals surface area contributed by atoms with Gasteiger partial charge in [-0.15, -0.1) is 0 Å². The molecule has 1 fully saturated rings. The van der Waals surface area contributed by atoms with E-state index < -0.39 is 5.54 Å². The number of carbonyl (C=O) groups excluding carboxylic acids is 2. The Morgan fingerprint density at radius 3 is 2.59 bits per heavy atom. The summed E-state index contributed by atoms with van der Waals surface area (Å²) >= 11 is 0. The number of aromatic nitrogens is 2. The minimum atomic E-state index is -0.911. The predicted molar refractivity (Wildman–Crippen MR) is 114 cm³/mol. The molecule has 2 heterocycles. The van der Waals surface area contributed by atoms with E-state index in [0.29, 0.717) is 18.9 Å². The summed E-state index contributed by atoms with van der Waals surface area (Å²) in [5.41, 5.74) is 0.806. The smallest absolute Gasteiger partial charge is 0.290 e. The molecule has 0 spiro atoms. The molecule has 1 unspecified atom stereocenters. The molecule has 2 amide bonds. The Bertz CT molecular complexity index is 897. The van der Waals surface area contributed by atoms with Crippen LogP contribution in [0.5, 0.6) is 0 Å². The van der Waals surface area contributed by atoms with Gasteiger partial charge < -0.3 is 14.8 Å². The lowest BCUT2D eigenvalue weighted by Gasteiger charge is -2.44. The number of rotatable bonds is 4. The molecule has 6 nitrogen and oxygen atoms in total. The molecule has 1 saturated carbocycles. The number of benzene rings is 1. The number of hydrogen-bond donors (Lipinski definition) is 1. The van der Waals surface area contributed by atoms with Crippen molar-refractivity contribution in [2.45, 2.75) is 83.3 Å². The molecule has 1 atom stereocenters. The lowest BCUT2D eigenvalue weighted by atomic mass is 9.92. The van der Waals surface area contributed by atoms with Gasteiger partial charge in [-0.05, 0) is 38.3 Å². The highest BCUT2D eigenvalue weighted by Gasteiger charge is 2.48. The lowest BCUT2D eigenvalue weighted by molar-refractivity contribution is -0.133. The van der Waals surface area contributed by atoms with Gasteiger partial charge in [0.1, 0.15) is 5.54 Å². The van der Waals surface area contributed by atoms with Crippen molar-refractivity contribution in [2.75, 3.05) is 6.54 Å². The third kappa shape index (κ3) is 3.65. The van der Waals surface area contributed by atoms with Crippen LogP contribution in [-0.2, 0) is 11.3 Å². The maximum absolute atomic E-state index is 13.5. The Labute approximate surface area is 172 Å². The van der Waals surface area contributed by atoms with Gasteiger partial charge in [-0.3, -0.25) is 9.59 Å². The Kier molecular flexibility index (Phi) is 5.61. The Balaban J connectivity index is 1.65. The zero-order valence-corrected chi connectivity index (χ0v) is 17.6. The van der Waals surface area contributed by atoms with Crippen LogP contribution in [-0.4, -0.2) is 44.4 Å². The fourth-order valence-electron chi connectivity index (χ4n) is 4.84. The summed E-state index contributed by atoms with van der Waals surface area (Å²) in [7, 11) is 0. The summed E-state index contributed by atoms with van der Waals surface area (Å²) in [6.07, 6.45) is 8.98. The average molecular weight is 397 g/mol. The number of nitrogens with zero attached hydrogens (tertiary/aromatic N) is 3. The van der Waals surface area contributed by atoms with E-state index in [1.165, 1.54) is 19.3 Å². The molecule has 0 radical (unpaired) electrons. The van der Waals surface area contributed by atoms with Crippen molar-refractivity contribution in [1.29, 1.82) is 0 Å². The molecule has 1 aliphatic heterocycles.